The lowest BCUT2D eigenvalue weighted by atomic mass is 10.1. The van der Waals surface area contributed by atoms with Crippen molar-refractivity contribution in [3.05, 3.63) is 69.0 Å². The van der Waals surface area contributed by atoms with Gasteiger partial charge < -0.3 is 4.57 Å². The Morgan fingerprint density at radius 2 is 1.97 bits per heavy atom. The van der Waals surface area contributed by atoms with Crippen LogP contribution >= 0.6 is 34.4 Å². The Hall–Kier alpha value is -2.42. The summed E-state index contributed by atoms with van der Waals surface area (Å²) in [7, 11) is 1.99. The minimum atomic E-state index is -0.0272. The van der Waals surface area contributed by atoms with Crippen LogP contribution in [0.25, 0.3) is 11.0 Å². The molecule has 0 fully saturated rings. The molecule has 4 aromatic rings. The first-order valence-corrected chi connectivity index (χ1v) is 12.0. The van der Waals surface area contributed by atoms with Crippen LogP contribution in [-0.4, -0.2) is 31.9 Å². The first-order chi connectivity index (χ1) is 14.2. The maximum atomic E-state index is 13.1. The second-order valence-corrected chi connectivity index (χ2v) is 9.60. The number of amides is 1. The molecule has 1 aromatic carbocycles. The van der Waals surface area contributed by atoms with Crippen molar-refractivity contribution in [1.82, 2.24) is 14.6 Å². The van der Waals surface area contributed by atoms with Crippen LogP contribution < -0.4 is 0 Å². The summed E-state index contributed by atoms with van der Waals surface area (Å²) in [6.45, 7) is 0. The minimum absolute atomic E-state index is 0.00649. The Morgan fingerprint density at radius 3 is 2.72 bits per heavy atom. The van der Waals surface area contributed by atoms with Gasteiger partial charge in [0.1, 0.15) is 0 Å². The number of thioether (sulfide) groups is 1. The van der Waals surface area contributed by atoms with E-state index in [2.05, 4.69) is 22.5 Å². The highest BCUT2D eigenvalue weighted by molar-refractivity contribution is 7.99. The molecule has 3 aromatic heterocycles. The van der Waals surface area contributed by atoms with Crippen molar-refractivity contribution in [3.8, 4) is 0 Å². The molecule has 0 aliphatic carbocycles. The predicted molar refractivity (Wildman–Crippen MR) is 121 cm³/mol. The fraction of sp³-hybridized carbons (Fsp3) is 0.190. The summed E-state index contributed by atoms with van der Waals surface area (Å²) in [6.07, 6.45) is 0.754. The molecule has 1 amide bonds. The molecule has 5 rings (SSSR count). The molecule has 0 N–H and O–H groups in total. The molecule has 0 saturated carbocycles. The van der Waals surface area contributed by atoms with E-state index in [1.807, 2.05) is 53.4 Å². The summed E-state index contributed by atoms with van der Waals surface area (Å²) < 4.78 is 2.04. The standard InChI is InChI=1S/C21H18N4OS3/c1-24-16-7-3-2-6-14(16)22-21(24)29-13-20(26)25-17(19-9-5-11-28-19)12-15(23-25)18-8-4-10-27-18/h2-11,17H,12-13H2,1H3/t17-/m1/s1. The van der Waals surface area contributed by atoms with Gasteiger partial charge in [0.15, 0.2) is 5.16 Å². The third kappa shape index (κ3) is 3.52. The molecule has 0 spiro atoms. The molecule has 29 heavy (non-hydrogen) atoms. The highest BCUT2D eigenvalue weighted by Crippen LogP contribution is 2.36. The number of rotatable bonds is 5. The van der Waals surface area contributed by atoms with Gasteiger partial charge in [-0.15, -0.1) is 22.7 Å². The lowest BCUT2D eigenvalue weighted by molar-refractivity contribution is -0.130. The number of imidazole rings is 1. The summed E-state index contributed by atoms with van der Waals surface area (Å²) in [5, 5.41) is 11.3. The zero-order valence-electron chi connectivity index (χ0n) is 15.7. The van der Waals surface area contributed by atoms with Gasteiger partial charge in [0.25, 0.3) is 5.91 Å². The van der Waals surface area contributed by atoms with Crippen molar-refractivity contribution in [2.75, 3.05) is 5.75 Å². The van der Waals surface area contributed by atoms with Gasteiger partial charge in [0, 0.05) is 18.3 Å². The van der Waals surface area contributed by atoms with Crippen molar-refractivity contribution in [2.45, 2.75) is 17.6 Å². The van der Waals surface area contributed by atoms with Crippen molar-refractivity contribution >= 4 is 57.1 Å². The van der Waals surface area contributed by atoms with E-state index in [0.717, 1.165) is 33.2 Å². The number of nitrogens with zero attached hydrogens (tertiary/aromatic N) is 4. The Balaban J connectivity index is 1.38. The van der Waals surface area contributed by atoms with Crippen molar-refractivity contribution in [3.63, 3.8) is 0 Å². The van der Waals surface area contributed by atoms with Crippen LogP contribution in [0.3, 0.4) is 0 Å². The number of fused-ring (bicyclic) bond motifs is 1. The van der Waals surface area contributed by atoms with E-state index in [1.54, 1.807) is 27.7 Å². The van der Waals surface area contributed by atoms with Crippen LogP contribution in [0.1, 0.15) is 22.2 Å². The molecule has 0 bridgehead atoms. The first-order valence-electron chi connectivity index (χ1n) is 9.22. The summed E-state index contributed by atoms with van der Waals surface area (Å²) in [5.41, 5.74) is 3.00. The van der Waals surface area contributed by atoms with Crippen molar-refractivity contribution in [1.29, 1.82) is 0 Å². The molecule has 8 heteroatoms. The molecule has 1 atom stereocenters. The molecule has 5 nitrogen and oxygen atoms in total. The number of aryl methyl sites for hydroxylation is 1. The number of aromatic nitrogens is 2. The number of benzene rings is 1. The number of carbonyl (C=O) groups excluding carboxylic acids is 1. The number of thiophene rings is 2. The molecule has 1 aliphatic rings. The van der Waals surface area contributed by atoms with E-state index in [-0.39, 0.29) is 11.9 Å². The number of carbonyl (C=O) groups is 1. The van der Waals surface area contributed by atoms with Crippen LogP contribution in [0.15, 0.2) is 69.5 Å². The van der Waals surface area contributed by atoms with Gasteiger partial charge in [-0.05, 0) is 35.0 Å². The van der Waals surface area contributed by atoms with E-state index >= 15 is 0 Å². The van der Waals surface area contributed by atoms with Gasteiger partial charge in [0.05, 0.1) is 33.4 Å². The topological polar surface area (TPSA) is 50.5 Å². The fourth-order valence-corrected chi connectivity index (χ4v) is 5.85. The van der Waals surface area contributed by atoms with Gasteiger partial charge in [0.2, 0.25) is 0 Å². The summed E-state index contributed by atoms with van der Waals surface area (Å²) in [5.74, 6) is 0.312. The van der Waals surface area contributed by atoms with Crippen LogP contribution in [-0.2, 0) is 11.8 Å². The predicted octanol–water partition coefficient (Wildman–Crippen LogP) is 5.17. The number of para-hydroxylation sites is 2. The van der Waals surface area contributed by atoms with Gasteiger partial charge in [-0.3, -0.25) is 4.79 Å². The number of hydrogen-bond acceptors (Lipinski definition) is 6. The van der Waals surface area contributed by atoms with Gasteiger partial charge in [-0.25, -0.2) is 9.99 Å². The second-order valence-electron chi connectivity index (χ2n) is 6.73. The Labute approximate surface area is 180 Å². The molecule has 1 aliphatic heterocycles. The average Bonchev–Trinajstić information content (AvgIpc) is 3.52. The molecular formula is C21H18N4OS3. The van der Waals surface area contributed by atoms with Gasteiger partial charge in [-0.2, -0.15) is 5.10 Å². The van der Waals surface area contributed by atoms with E-state index in [1.165, 1.54) is 16.6 Å². The van der Waals surface area contributed by atoms with Crippen LogP contribution in [0.5, 0.6) is 0 Å². The highest BCUT2D eigenvalue weighted by Gasteiger charge is 2.34. The van der Waals surface area contributed by atoms with E-state index in [4.69, 9.17) is 5.10 Å². The van der Waals surface area contributed by atoms with Crippen molar-refractivity contribution in [2.24, 2.45) is 12.1 Å². The van der Waals surface area contributed by atoms with Crippen LogP contribution in [0.4, 0.5) is 0 Å². The Morgan fingerprint density at radius 1 is 1.14 bits per heavy atom. The molecule has 4 heterocycles. The first kappa shape index (κ1) is 18.6. The number of hydrazone groups is 1. The second kappa shape index (κ2) is 7.78. The molecule has 0 unspecified atom stereocenters. The third-order valence-corrected chi connectivity index (χ3v) is 7.82. The maximum absolute atomic E-state index is 13.1. The van der Waals surface area contributed by atoms with Crippen molar-refractivity contribution < 1.29 is 4.79 Å². The SMILES string of the molecule is Cn1c(SCC(=O)N2N=C(c3cccs3)C[C@@H]2c2cccs2)nc2ccccc21. The minimum Gasteiger partial charge on any atom is -0.322 e. The fourth-order valence-electron chi connectivity index (χ4n) is 3.48. The summed E-state index contributed by atoms with van der Waals surface area (Å²) >= 11 is 4.80. The lowest BCUT2D eigenvalue weighted by Crippen LogP contribution is -2.28. The summed E-state index contributed by atoms with van der Waals surface area (Å²) in [6, 6.07) is 16.2. The van der Waals surface area contributed by atoms with Crippen LogP contribution in [0, 0.1) is 0 Å². The quantitative estimate of drug-likeness (QED) is 0.404. The van der Waals surface area contributed by atoms with E-state index < -0.39 is 0 Å². The van der Waals surface area contributed by atoms with E-state index in [0.29, 0.717) is 5.75 Å². The normalized spacial score (nSPS) is 16.5. The Bertz CT molecular complexity index is 1180. The molecule has 146 valence electrons. The average molecular weight is 439 g/mol. The maximum Gasteiger partial charge on any atom is 0.253 e. The monoisotopic (exact) mass is 438 g/mol. The molecule has 0 radical (unpaired) electrons. The number of hydrogen-bond donors (Lipinski definition) is 0. The third-order valence-electron chi connectivity index (χ3n) is 4.91. The van der Waals surface area contributed by atoms with Gasteiger partial charge >= 0.3 is 0 Å². The highest BCUT2D eigenvalue weighted by atomic mass is 32.2. The Kier molecular flexibility index (Phi) is 4.99. The zero-order valence-corrected chi connectivity index (χ0v) is 18.1. The van der Waals surface area contributed by atoms with Gasteiger partial charge in [-0.1, -0.05) is 36.0 Å². The summed E-state index contributed by atoms with van der Waals surface area (Å²) in [4.78, 5) is 20.1. The van der Waals surface area contributed by atoms with Crippen LogP contribution in [0.2, 0.25) is 0 Å². The lowest BCUT2D eigenvalue weighted by Gasteiger charge is -2.20. The zero-order chi connectivity index (χ0) is 19.8. The van der Waals surface area contributed by atoms with E-state index in [9.17, 15) is 4.79 Å². The molecular weight excluding hydrogens is 420 g/mol. The largest absolute Gasteiger partial charge is 0.322 e. The smallest absolute Gasteiger partial charge is 0.253 e. The molecule has 0 saturated heterocycles.